The van der Waals surface area contributed by atoms with Gasteiger partial charge >= 0.3 is 5.97 Å². The molecule has 0 aromatic carbocycles. The van der Waals surface area contributed by atoms with Gasteiger partial charge in [-0.1, -0.05) is 6.92 Å². The third kappa shape index (κ3) is 3.37. The monoisotopic (exact) mass is 149 g/mol. The maximum absolute atomic E-state index is 10.2. The molecule has 0 radical (unpaired) electrons. The number of nitrogens with one attached hydrogen (secondary N) is 1. The average molecular weight is 149 g/mol. The number of thiol groups is 1. The van der Waals surface area contributed by atoms with Gasteiger partial charge in [-0.05, 0) is 6.54 Å². The van der Waals surface area contributed by atoms with Crippen molar-refractivity contribution in [2.24, 2.45) is 0 Å². The van der Waals surface area contributed by atoms with Crippen LogP contribution in [-0.4, -0.2) is 29.4 Å². The summed E-state index contributed by atoms with van der Waals surface area (Å²) in [7, 11) is 0. The van der Waals surface area contributed by atoms with E-state index in [1.54, 1.807) is 0 Å². The summed E-state index contributed by atoms with van der Waals surface area (Å²) >= 11 is 3.85. The van der Waals surface area contributed by atoms with Crippen molar-refractivity contribution in [2.75, 3.05) is 12.3 Å². The summed E-state index contributed by atoms with van der Waals surface area (Å²) in [6.45, 7) is 2.52. The van der Waals surface area contributed by atoms with Crippen LogP contribution in [0.4, 0.5) is 0 Å². The molecule has 3 nitrogen and oxygen atoms in total. The molecule has 0 aliphatic carbocycles. The Bertz CT molecular complexity index is 97.0. The predicted octanol–water partition coefficient (Wildman–Crippen LogP) is -0.0211. The third-order valence-electron chi connectivity index (χ3n) is 0.931. The highest BCUT2D eigenvalue weighted by atomic mass is 32.1. The molecule has 0 saturated carbocycles. The quantitative estimate of drug-likeness (QED) is 0.492. The fraction of sp³-hybridized carbons (Fsp3) is 0.800. The summed E-state index contributed by atoms with van der Waals surface area (Å²) < 4.78 is 0. The van der Waals surface area contributed by atoms with Crippen molar-refractivity contribution < 1.29 is 9.90 Å². The van der Waals surface area contributed by atoms with Gasteiger partial charge in [0.25, 0.3) is 0 Å². The number of likely N-dealkylation sites (N-methyl/N-ethyl adjacent to an activating group) is 1. The SMILES string of the molecule is CCNC(CS)C(=O)O. The summed E-state index contributed by atoms with van der Waals surface area (Å²) in [6.07, 6.45) is 0. The highest BCUT2D eigenvalue weighted by molar-refractivity contribution is 7.80. The topological polar surface area (TPSA) is 49.3 Å². The number of carbonyl (C=O) groups is 1. The Hall–Kier alpha value is -0.220. The summed E-state index contributed by atoms with van der Waals surface area (Å²) in [4.78, 5) is 10.2. The van der Waals surface area contributed by atoms with E-state index in [4.69, 9.17) is 5.11 Å². The summed E-state index contributed by atoms with van der Waals surface area (Å²) in [5.41, 5.74) is 0. The number of carboxylic acids is 1. The van der Waals surface area contributed by atoms with Crippen LogP contribution in [-0.2, 0) is 4.79 Å². The molecule has 1 unspecified atom stereocenters. The zero-order valence-corrected chi connectivity index (χ0v) is 6.19. The second-order valence-corrected chi connectivity index (χ2v) is 2.00. The van der Waals surface area contributed by atoms with E-state index in [2.05, 4.69) is 17.9 Å². The lowest BCUT2D eigenvalue weighted by Gasteiger charge is -2.07. The van der Waals surface area contributed by atoms with Crippen molar-refractivity contribution in [3.63, 3.8) is 0 Å². The number of hydrogen-bond donors (Lipinski definition) is 3. The minimum absolute atomic E-state index is 0.336. The van der Waals surface area contributed by atoms with Crippen LogP contribution in [0.2, 0.25) is 0 Å². The molecule has 0 spiro atoms. The minimum atomic E-state index is -0.841. The normalized spacial score (nSPS) is 13.1. The van der Waals surface area contributed by atoms with Crippen LogP contribution in [0, 0.1) is 0 Å². The fourth-order valence-corrected chi connectivity index (χ4v) is 0.762. The first-order chi connectivity index (χ1) is 4.22. The van der Waals surface area contributed by atoms with E-state index in [-0.39, 0.29) is 0 Å². The summed E-state index contributed by atoms with van der Waals surface area (Å²) in [5, 5.41) is 11.1. The highest BCUT2D eigenvalue weighted by Crippen LogP contribution is 1.86. The molecule has 0 aliphatic rings. The molecule has 54 valence electrons. The first-order valence-electron chi connectivity index (χ1n) is 2.79. The van der Waals surface area contributed by atoms with E-state index in [0.717, 1.165) is 0 Å². The predicted molar refractivity (Wildman–Crippen MR) is 39.0 cm³/mol. The second-order valence-electron chi connectivity index (χ2n) is 1.63. The molecule has 0 amide bonds. The number of hydrogen-bond acceptors (Lipinski definition) is 3. The molecule has 2 N–H and O–H groups in total. The van der Waals surface area contributed by atoms with E-state index >= 15 is 0 Å². The first kappa shape index (κ1) is 8.78. The Morgan fingerprint density at radius 3 is 2.56 bits per heavy atom. The van der Waals surface area contributed by atoms with E-state index in [1.165, 1.54) is 0 Å². The number of aliphatic carboxylic acids is 1. The first-order valence-corrected chi connectivity index (χ1v) is 3.42. The summed E-state index contributed by atoms with van der Waals surface area (Å²) in [5.74, 6) is -0.504. The van der Waals surface area contributed by atoms with Crippen LogP contribution in [0.3, 0.4) is 0 Å². The maximum atomic E-state index is 10.2. The van der Waals surface area contributed by atoms with Crippen LogP contribution >= 0.6 is 12.6 Å². The zero-order chi connectivity index (χ0) is 7.28. The van der Waals surface area contributed by atoms with Gasteiger partial charge in [0.05, 0.1) is 0 Å². The van der Waals surface area contributed by atoms with Crippen molar-refractivity contribution in [1.82, 2.24) is 5.32 Å². The standard InChI is InChI=1S/C5H11NO2S/c1-2-6-4(3-9)5(7)8/h4,6,9H,2-3H2,1H3,(H,7,8). The molecule has 4 heteroatoms. The van der Waals surface area contributed by atoms with Crippen molar-refractivity contribution in [2.45, 2.75) is 13.0 Å². The lowest BCUT2D eigenvalue weighted by molar-refractivity contribution is -0.138. The molecule has 0 heterocycles. The van der Waals surface area contributed by atoms with Gasteiger partial charge in [0.1, 0.15) is 6.04 Å². The van der Waals surface area contributed by atoms with E-state index in [1.807, 2.05) is 6.92 Å². The van der Waals surface area contributed by atoms with Crippen molar-refractivity contribution in [3.8, 4) is 0 Å². The second kappa shape index (κ2) is 4.64. The smallest absolute Gasteiger partial charge is 0.321 e. The molecule has 0 aromatic rings. The van der Waals surface area contributed by atoms with Gasteiger partial charge < -0.3 is 10.4 Å². The van der Waals surface area contributed by atoms with E-state index < -0.39 is 12.0 Å². The Labute approximate surface area is 59.9 Å². The van der Waals surface area contributed by atoms with Crippen LogP contribution in [0.15, 0.2) is 0 Å². The Morgan fingerprint density at radius 1 is 1.89 bits per heavy atom. The molecule has 0 aliphatic heterocycles. The minimum Gasteiger partial charge on any atom is -0.480 e. The molecule has 9 heavy (non-hydrogen) atoms. The van der Waals surface area contributed by atoms with Gasteiger partial charge in [-0.15, -0.1) is 0 Å². The van der Waals surface area contributed by atoms with Gasteiger partial charge in [0.15, 0.2) is 0 Å². The molecule has 0 saturated heterocycles. The Balaban J connectivity index is 3.54. The fourth-order valence-electron chi connectivity index (χ4n) is 0.476. The van der Waals surface area contributed by atoms with Crippen LogP contribution in [0.1, 0.15) is 6.92 Å². The molecule has 0 rings (SSSR count). The maximum Gasteiger partial charge on any atom is 0.321 e. The van der Waals surface area contributed by atoms with Gasteiger partial charge in [0.2, 0.25) is 0 Å². The Morgan fingerprint density at radius 2 is 2.44 bits per heavy atom. The summed E-state index contributed by atoms with van der Waals surface area (Å²) in [6, 6.07) is -0.502. The number of carboxylic acid groups (broad SMARTS) is 1. The van der Waals surface area contributed by atoms with Gasteiger partial charge in [-0.2, -0.15) is 12.6 Å². The molecule has 0 fully saturated rings. The van der Waals surface area contributed by atoms with Crippen LogP contribution in [0.5, 0.6) is 0 Å². The average Bonchev–Trinajstić information content (AvgIpc) is 1.82. The third-order valence-corrected chi connectivity index (χ3v) is 1.30. The molecule has 0 bridgehead atoms. The van der Waals surface area contributed by atoms with E-state index in [9.17, 15) is 4.79 Å². The lowest BCUT2D eigenvalue weighted by Crippen LogP contribution is -2.37. The molecule has 0 aromatic heterocycles. The molecular formula is C5H11NO2S. The van der Waals surface area contributed by atoms with Crippen molar-refractivity contribution in [1.29, 1.82) is 0 Å². The van der Waals surface area contributed by atoms with Gasteiger partial charge in [-0.3, -0.25) is 4.79 Å². The Kier molecular flexibility index (Phi) is 4.53. The zero-order valence-electron chi connectivity index (χ0n) is 5.29. The highest BCUT2D eigenvalue weighted by Gasteiger charge is 2.11. The van der Waals surface area contributed by atoms with Crippen LogP contribution in [0.25, 0.3) is 0 Å². The van der Waals surface area contributed by atoms with Crippen molar-refractivity contribution in [3.05, 3.63) is 0 Å². The molecular weight excluding hydrogens is 138 g/mol. The van der Waals surface area contributed by atoms with Gasteiger partial charge in [0, 0.05) is 5.75 Å². The van der Waals surface area contributed by atoms with Gasteiger partial charge in [-0.25, -0.2) is 0 Å². The largest absolute Gasteiger partial charge is 0.480 e. The van der Waals surface area contributed by atoms with Crippen LogP contribution < -0.4 is 5.32 Å². The number of rotatable bonds is 4. The molecule has 1 atom stereocenters. The lowest BCUT2D eigenvalue weighted by atomic mass is 10.3. The van der Waals surface area contributed by atoms with E-state index in [0.29, 0.717) is 12.3 Å². The van der Waals surface area contributed by atoms with Crippen molar-refractivity contribution >= 4 is 18.6 Å².